The normalized spacial score (nSPS) is 19.3. The third-order valence-corrected chi connectivity index (χ3v) is 9.02. The van der Waals surface area contributed by atoms with Crippen molar-refractivity contribution in [3.8, 4) is 0 Å². The average Bonchev–Trinajstić information content (AvgIpc) is 3.14. The molecule has 166 valence electrons. The van der Waals surface area contributed by atoms with Crippen LogP contribution in [0.15, 0.2) is 53.4 Å². The van der Waals surface area contributed by atoms with Crippen LogP contribution in [-0.4, -0.2) is 65.6 Å². The summed E-state index contributed by atoms with van der Waals surface area (Å²) in [6, 6.07) is 12.3. The lowest BCUT2D eigenvalue weighted by molar-refractivity contribution is 0.0730. The fourth-order valence-corrected chi connectivity index (χ4v) is 6.53. The molecule has 2 aromatic rings. The number of nitrogens with zero attached hydrogens (tertiary/aromatic N) is 2. The summed E-state index contributed by atoms with van der Waals surface area (Å²) in [5.41, 5.74) is 1.38. The van der Waals surface area contributed by atoms with Crippen molar-refractivity contribution in [1.29, 1.82) is 0 Å². The number of morpholine rings is 1. The SMILES string of the molecule is O=C(Nc1ccc(N2CCCS2(=O)=O)cc1)c1ccc(S(=O)(=O)N2CCOCC2)cc1. The van der Waals surface area contributed by atoms with Gasteiger partial charge in [-0.05, 0) is 55.0 Å². The van der Waals surface area contributed by atoms with Gasteiger partial charge < -0.3 is 10.1 Å². The standard InChI is InChI=1S/C20H23N3O6S2/c24-20(21-17-4-6-18(7-5-17)23-10-1-15-30(23,25)26)16-2-8-19(9-3-16)31(27,28)22-11-13-29-14-12-22/h2-9H,1,10-15H2,(H,21,24). The van der Waals surface area contributed by atoms with Gasteiger partial charge in [-0.1, -0.05) is 0 Å². The number of amides is 1. The Bertz CT molecular complexity index is 1160. The minimum Gasteiger partial charge on any atom is -0.379 e. The van der Waals surface area contributed by atoms with Crippen LogP contribution in [0.1, 0.15) is 16.8 Å². The van der Waals surface area contributed by atoms with Gasteiger partial charge in [0.1, 0.15) is 0 Å². The van der Waals surface area contributed by atoms with Gasteiger partial charge in [0.2, 0.25) is 20.0 Å². The van der Waals surface area contributed by atoms with Gasteiger partial charge in [-0.3, -0.25) is 9.10 Å². The summed E-state index contributed by atoms with van der Waals surface area (Å²) in [5.74, 6) is -0.250. The number of ether oxygens (including phenoxy) is 1. The Hall–Kier alpha value is -2.47. The molecule has 1 N–H and O–H groups in total. The van der Waals surface area contributed by atoms with Crippen molar-refractivity contribution in [2.75, 3.05) is 48.2 Å². The number of carbonyl (C=O) groups is 1. The molecule has 0 aromatic heterocycles. The second-order valence-corrected chi connectivity index (χ2v) is 11.2. The third kappa shape index (κ3) is 4.59. The Balaban J connectivity index is 1.43. The average molecular weight is 466 g/mol. The number of rotatable bonds is 5. The fourth-order valence-electron chi connectivity index (χ4n) is 3.56. The molecule has 2 aliphatic heterocycles. The highest BCUT2D eigenvalue weighted by molar-refractivity contribution is 7.93. The van der Waals surface area contributed by atoms with Crippen molar-refractivity contribution < 1.29 is 26.4 Å². The van der Waals surface area contributed by atoms with Gasteiger partial charge in [-0.15, -0.1) is 0 Å². The van der Waals surface area contributed by atoms with E-state index in [-0.39, 0.29) is 10.6 Å². The number of sulfonamides is 2. The zero-order valence-corrected chi connectivity index (χ0v) is 18.4. The Morgan fingerprint density at radius 1 is 0.935 bits per heavy atom. The molecule has 2 heterocycles. The Kier molecular flexibility index (Phi) is 6.02. The molecule has 4 rings (SSSR count). The topological polar surface area (TPSA) is 113 Å². The number of nitrogens with one attached hydrogen (secondary N) is 1. The number of anilines is 2. The van der Waals surface area contributed by atoms with Gasteiger partial charge >= 0.3 is 0 Å². The van der Waals surface area contributed by atoms with E-state index in [1.54, 1.807) is 24.3 Å². The molecule has 0 aliphatic carbocycles. The van der Waals surface area contributed by atoms with E-state index < -0.39 is 26.0 Å². The predicted molar refractivity (Wildman–Crippen MR) is 116 cm³/mol. The fraction of sp³-hybridized carbons (Fsp3) is 0.350. The molecule has 0 bridgehead atoms. The smallest absolute Gasteiger partial charge is 0.255 e. The van der Waals surface area contributed by atoms with Crippen molar-refractivity contribution in [1.82, 2.24) is 4.31 Å². The third-order valence-electron chi connectivity index (χ3n) is 5.24. The number of hydrogen-bond donors (Lipinski definition) is 1. The minimum atomic E-state index is -3.62. The van der Waals surface area contributed by atoms with E-state index in [0.29, 0.717) is 56.2 Å². The Morgan fingerprint density at radius 3 is 2.16 bits per heavy atom. The van der Waals surface area contributed by atoms with Crippen LogP contribution >= 0.6 is 0 Å². The summed E-state index contributed by atoms with van der Waals surface area (Å²) in [5, 5.41) is 2.74. The highest BCUT2D eigenvalue weighted by Crippen LogP contribution is 2.25. The summed E-state index contributed by atoms with van der Waals surface area (Å²) >= 11 is 0. The lowest BCUT2D eigenvalue weighted by Crippen LogP contribution is -2.40. The van der Waals surface area contributed by atoms with Gasteiger partial charge in [-0.2, -0.15) is 4.31 Å². The van der Waals surface area contributed by atoms with Crippen molar-refractivity contribution in [3.05, 3.63) is 54.1 Å². The van der Waals surface area contributed by atoms with E-state index in [0.717, 1.165) is 0 Å². The molecule has 0 saturated carbocycles. The summed E-state index contributed by atoms with van der Waals surface area (Å²) < 4.78 is 57.3. The number of benzene rings is 2. The molecule has 0 unspecified atom stereocenters. The molecule has 2 saturated heterocycles. The zero-order chi connectivity index (χ0) is 22.1. The highest BCUT2D eigenvalue weighted by Gasteiger charge is 2.28. The lowest BCUT2D eigenvalue weighted by atomic mass is 10.2. The van der Waals surface area contributed by atoms with Crippen molar-refractivity contribution >= 4 is 37.3 Å². The van der Waals surface area contributed by atoms with Crippen LogP contribution in [0.5, 0.6) is 0 Å². The van der Waals surface area contributed by atoms with Crippen LogP contribution < -0.4 is 9.62 Å². The van der Waals surface area contributed by atoms with Gasteiger partial charge in [0.25, 0.3) is 5.91 Å². The molecular formula is C20H23N3O6S2. The van der Waals surface area contributed by atoms with Crippen LogP contribution in [0.2, 0.25) is 0 Å². The lowest BCUT2D eigenvalue weighted by Gasteiger charge is -2.26. The summed E-state index contributed by atoms with van der Waals surface area (Å²) in [6.07, 6.45) is 0.595. The second kappa shape index (κ2) is 8.58. The molecular weight excluding hydrogens is 442 g/mol. The van der Waals surface area contributed by atoms with E-state index >= 15 is 0 Å². The zero-order valence-electron chi connectivity index (χ0n) is 16.7. The maximum Gasteiger partial charge on any atom is 0.255 e. The van der Waals surface area contributed by atoms with Gasteiger partial charge in [0.15, 0.2) is 0 Å². The largest absolute Gasteiger partial charge is 0.379 e. The summed E-state index contributed by atoms with van der Waals surface area (Å²) in [4.78, 5) is 12.7. The molecule has 11 heteroatoms. The number of hydrogen-bond acceptors (Lipinski definition) is 6. The first-order chi connectivity index (χ1) is 14.8. The number of carbonyl (C=O) groups excluding carboxylic acids is 1. The van der Waals surface area contributed by atoms with Crippen LogP contribution in [0.4, 0.5) is 11.4 Å². The molecule has 31 heavy (non-hydrogen) atoms. The van der Waals surface area contributed by atoms with Crippen molar-refractivity contribution in [3.63, 3.8) is 0 Å². The molecule has 0 radical (unpaired) electrons. The van der Waals surface area contributed by atoms with E-state index in [1.807, 2.05) is 0 Å². The minimum absolute atomic E-state index is 0.127. The van der Waals surface area contributed by atoms with Gasteiger partial charge in [0, 0.05) is 30.9 Å². The van der Waals surface area contributed by atoms with E-state index in [1.165, 1.54) is 32.9 Å². The maximum atomic E-state index is 12.7. The van der Waals surface area contributed by atoms with Gasteiger partial charge in [-0.25, -0.2) is 16.8 Å². The summed E-state index contributed by atoms with van der Waals surface area (Å²) in [7, 11) is -6.88. The molecule has 0 atom stereocenters. The van der Waals surface area contributed by atoms with E-state index in [2.05, 4.69) is 5.32 Å². The first kappa shape index (κ1) is 21.8. The van der Waals surface area contributed by atoms with Crippen LogP contribution in [-0.2, 0) is 24.8 Å². The van der Waals surface area contributed by atoms with E-state index in [9.17, 15) is 21.6 Å². The molecule has 0 spiro atoms. The first-order valence-corrected chi connectivity index (χ1v) is 12.9. The van der Waals surface area contributed by atoms with Gasteiger partial charge in [0.05, 0.1) is 29.5 Å². The monoisotopic (exact) mass is 465 g/mol. The molecule has 2 aliphatic rings. The van der Waals surface area contributed by atoms with Crippen LogP contribution in [0.25, 0.3) is 0 Å². The Labute approximate surface area is 181 Å². The van der Waals surface area contributed by atoms with Crippen LogP contribution in [0.3, 0.4) is 0 Å². The summed E-state index contributed by atoms with van der Waals surface area (Å²) in [6.45, 7) is 1.79. The Morgan fingerprint density at radius 2 is 1.58 bits per heavy atom. The molecule has 1 amide bonds. The van der Waals surface area contributed by atoms with Crippen molar-refractivity contribution in [2.45, 2.75) is 11.3 Å². The quantitative estimate of drug-likeness (QED) is 0.716. The predicted octanol–water partition coefficient (Wildman–Crippen LogP) is 1.50. The molecule has 2 aromatic carbocycles. The van der Waals surface area contributed by atoms with E-state index in [4.69, 9.17) is 4.74 Å². The molecule has 9 nitrogen and oxygen atoms in total. The van der Waals surface area contributed by atoms with Crippen molar-refractivity contribution in [2.24, 2.45) is 0 Å². The second-order valence-electron chi connectivity index (χ2n) is 7.28. The van der Waals surface area contributed by atoms with Crippen LogP contribution in [0, 0.1) is 0 Å². The molecule has 2 fully saturated rings. The maximum absolute atomic E-state index is 12.7. The first-order valence-electron chi connectivity index (χ1n) is 9.87. The highest BCUT2D eigenvalue weighted by atomic mass is 32.2.